The summed E-state index contributed by atoms with van der Waals surface area (Å²) in [6.07, 6.45) is 6.85. The number of hydrogen-bond acceptors (Lipinski definition) is 2. The Morgan fingerprint density at radius 3 is 2.35 bits per heavy atom. The molecule has 1 N–H and O–H groups in total. The summed E-state index contributed by atoms with van der Waals surface area (Å²) in [5.41, 5.74) is 0.675. The fourth-order valence-corrected chi connectivity index (χ4v) is 2.32. The molecule has 1 heterocycles. The molecule has 0 aromatic rings. The zero-order valence-corrected chi connectivity index (χ0v) is 12.4. The smallest absolute Gasteiger partial charge is 0.0576 e. The lowest BCUT2D eigenvalue weighted by molar-refractivity contribution is 0.0902. The Morgan fingerprint density at radius 2 is 1.82 bits per heavy atom. The van der Waals surface area contributed by atoms with Crippen LogP contribution in [0, 0.1) is 5.41 Å². The van der Waals surface area contributed by atoms with E-state index in [1.807, 2.05) is 0 Å². The molecule has 0 aliphatic carbocycles. The zero-order chi connectivity index (χ0) is 12.9. The van der Waals surface area contributed by atoms with Crippen LogP contribution in [0.4, 0.5) is 0 Å². The van der Waals surface area contributed by atoms with Crippen LogP contribution in [0.3, 0.4) is 0 Å². The third kappa shape index (κ3) is 7.05. The Kier molecular flexibility index (Phi) is 5.46. The van der Waals surface area contributed by atoms with E-state index in [4.69, 9.17) is 4.74 Å². The van der Waals surface area contributed by atoms with Crippen molar-refractivity contribution in [3.8, 4) is 0 Å². The summed E-state index contributed by atoms with van der Waals surface area (Å²) in [5, 5.41) is 3.57. The highest BCUT2D eigenvalue weighted by molar-refractivity contribution is 4.77. The van der Waals surface area contributed by atoms with Crippen molar-refractivity contribution < 1.29 is 4.74 Å². The molecule has 0 spiro atoms. The summed E-state index contributed by atoms with van der Waals surface area (Å²) < 4.78 is 5.69. The van der Waals surface area contributed by atoms with Gasteiger partial charge in [-0.2, -0.15) is 0 Å². The molecule has 1 atom stereocenters. The molecule has 1 aliphatic heterocycles. The Morgan fingerprint density at radius 1 is 1.12 bits per heavy atom. The number of hydrogen-bond donors (Lipinski definition) is 1. The summed E-state index contributed by atoms with van der Waals surface area (Å²) in [6.45, 7) is 13.5. The summed E-state index contributed by atoms with van der Waals surface area (Å²) in [6, 6.07) is 0. The topological polar surface area (TPSA) is 21.3 Å². The Bertz CT molecular complexity index is 211. The normalized spacial score (nSPS) is 22.1. The Hall–Kier alpha value is -0.0800. The molecular weight excluding hydrogens is 210 g/mol. The van der Waals surface area contributed by atoms with E-state index in [1.54, 1.807) is 0 Å². The molecule has 1 aliphatic rings. The quantitative estimate of drug-likeness (QED) is 0.764. The predicted octanol–water partition coefficient (Wildman–Crippen LogP) is 3.75. The van der Waals surface area contributed by atoms with E-state index in [0.29, 0.717) is 11.5 Å². The average molecular weight is 241 g/mol. The van der Waals surface area contributed by atoms with E-state index in [0.717, 1.165) is 13.2 Å². The van der Waals surface area contributed by atoms with Crippen LogP contribution in [0.1, 0.15) is 66.7 Å². The molecule has 0 aromatic carbocycles. The molecule has 0 aromatic heterocycles. The van der Waals surface area contributed by atoms with Gasteiger partial charge in [-0.3, -0.25) is 0 Å². The second kappa shape index (κ2) is 6.19. The van der Waals surface area contributed by atoms with Gasteiger partial charge in [0.15, 0.2) is 0 Å². The van der Waals surface area contributed by atoms with Crippen LogP contribution >= 0.6 is 0 Å². The van der Waals surface area contributed by atoms with Crippen molar-refractivity contribution in [3.63, 3.8) is 0 Å². The van der Waals surface area contributed by atoms with Crippen LogP contribution in [0.2, 0.25) is 0 Å². The lowest BCUT2D eigenvalue weighted by atomic mass is 9.83. The Balaban J connectivity index is 2.16. The minimum absolute atomic E-state index is 0.241. The van der Waals surface area contributed by atoms with Crippen molar-refractivity contribution in [2.75, 3.05) is 13.2 Å². The van der Waals surface area contributed by atoms with Crippen LogP contribution in [-0.2, 0) is 4.74 Å². The zero-order valence-electron chi connectivity index (χ0n) is 12.4. The van der Waals surface area contributed by atoms with Gasteiger partial charge >= 0.3 is 0 Å². The second-order valence-electron chi connectivity index (χ2n) is 7.26. The van der Waals surface area contributed by atoms with E-state index < -0.39 is 0 Å². The van der Waals surface area contributed by atoms with E-state index in [1.165, 1.54) is 32.1 Å². The van der Waals surface area contributed by atoms with Crippen LogP contribution < -0.4 is 5.32 Å². The molecule has 0 amide bonds. The SMILES string of the molecule is CC(C)(CCNC(C)(C)C)CCC1CCCO1. The van der Waals surface area contributed by atoms with Crippen molar-refractivity contribution in [3.05, 3.63) is 0 Å². The first-order valence-corrected chi connectivity index (χ1v) is 7.15. The van der Waals surface area contributed by atoms with E-state index in [2.05, 4.69) is 39.9 Å². The van der Waals surface area contributed by atoms with Crippen molar-refractivity contribution in [1.82, 2.24) is 5.32 Å². The first-order chi connectivity index (χ1) is 7.79. The van der Waals surface area contributed by atoms with Gasteiger partial charge in [0.2, 0.25) is 0 Å². The molecule has 1 rings (SSSR count). The van der Waals surface area contributed by atoms with Gasteiger partial charge in [0.25, 0.3) is 0 Å². The molecule has 2 nitrogen and oxygen atoms in total. The van der Waals surface area contributed by atoms with Gasteiger partial charge in [0.1, 0.15) is 0 Å². The van der Waals surface area contributed by atoms with E-state index in [9.17, 15) is 0 Å². The third-order valence-electron chi connectivity index (χ3n) is 3.62. The van der Waals surface area contributed by atoms with Gasteiger partial charge in [0.05, 0.1) is 6.10 Å². The highest BCUT2D eigenvalue weighted by Gasteiger charge is 2.22. The first-order valence-electron chi connectivity index (χ1n) is 7.15. The van der Waals surface area contributed by atoms with Crippen LogP contribution in [0.5, 0.6) is 0 Å². The van der Waals surface area contributed by atoms with Crippen LogP contribution in [0.15, 0.2) is 0 Å². The van der Waals surface area contributed by atoms with Crippen LogP contribution in [0.25, 0.3) is 0 Å². The maximum Gasteiger partial charge on any atom is 0.0576 e. The summed E-state index contributed by atoms with van der Waals surface area (Å²) in [5.74, 6) is 0. The number of nitrogens with one attached hydrogen (secondary N) is 1. The number of ether oxygens (including phenoxy) is 1. The summed E-state index contributed by atoms with van der Waals surface area (Å²) in [4.78, 5) is 0. The van der Waals surface area contributed by atoms with Gasteiger partial charge in [-0.1, -0.05) is 13.8 Å². The molecule has 1 saturated heterocycles. The highest BCUT2D eigenvalue weighted by atomic mass is 16.5. The lowest BCUT2D eigenvalue weighted by Gasteiger charge is -2.28. The molecule has 0 bridgehead atoms. The largest absolute Gasteiger partial charge is 0.378 e. The Labute approximate surface area is 108 Å². The number of rotatable bonds is 6. The molecule has 17 heavy (non-hydrogen) atoms. The van der Waals surface area contributed by atoms with E-state index in [-0.39, 0.29) is 5.54 Å². The molecular formula is C15H31NO. The average Bonchev–Trinajstić information content (AvgIpc) is 2.64. The molecule has 2 heteroatoms. The standard InChI is InChI=1S/C15H31NO/c1-14(2,3)16-11-10-15(4,5)9-8-13-7-6-12-17-13/h13,16H,6-12H2,1-5H3. The maximum absolute atomic E-state index is 5.69. The minimum atomic E-state index is 0.241. The van der Waals surface area contributed by atoms with Gasteiger partial charge in [-0.15, -0.1) is 0 Å². The van der Waals surface area contributed by atoms with Crippen molar-refractivity contribution in [1.29, 1.82) is 0 Å². The van der Waals surface area contributed by atoms with Gasteiger partial charge in [-0.05, 0) is 64.8 Å². The van der Waals surface area contributed by atoms with Gasteiger partial charge in [0, 0.05) is 12.1 Å². The fourth-order valence-electron chi connectivity index (χ4n) is 2.32. The van der Waals surface area contributed by atoms with Crippen molar-refractivity contribution in [2.45, 2.75) is 78.4 Å². The molecule has 102 valence electrons. The monoisotopic (exact) mass is 241 g/mol. The molecule has 1 unspecified atom stereocenters. The maximum atomic E-state index is 5.69. The molecule has 0 radical (unpaired) electrons. The molecule has 0 saturated carbocycles. The highest BCUT2D eigenvalue weighted by Crippen LogP contribution is 2.29. The third-order valence-corrected chi connectivity index (χ3v) is 3.62. The van der Waals surface area contributed by atoms with Gasteiger partial charge < -0.3 is 10.1 Å². The first kappa shape index (κ1) is 15.0. The minimum Gasteiger partial charge on any atom is -0.378 e. The summed E-state index contributed by atoms with van der Waals surface area (Å²) in [7, 11) is 0. The lowest BCUT2D eigenvalue weighted by Crippen LogP contribution is -2.38. The molecule has 1 fully saturated rings. The second-order valence-corrected chi connectivity index (χ2v) is 7.26. The summed E-state index contributed by atoms with van der Waals surface area (Å²) >= 11 is 0. The fraction of sp³-hybridized carbons (Fsp3) is 1.00. The van der Waals surface area contributed by atoms with Crippen molar-refractivity contribution >= 4 is 0 Å². The predicted molar refractivity (Wildman–Crippen MR) is 74.4 cm³/mol. The van der Waals surface area contributed by atoms with Crippen LogP contribution in [-0.4, -0.2) is 24.8 Å². The van der Waals surface area contributed by atoms with Gasteiger partial charge in [-0.25, -0.2) is 0 Å². The van der Waals surface area contributed by atoms with E-state index >= 15 is 0 Å². The van der Waals surface area contributed by atoms with Crippen molar-refractivity contribution in [2.24, 2.45) is 5.41 Å².